The molecule has 0 bridgehead atoms. The Bertz CT molecular complexity index is 3080. The van der Waals surface area contributed by atoms with E-state index in [1.54, 1.807) is 0 Å². The molecule has 2 aromatic heterocycles. The van der Waals surface area contributed by atoms with Crippen molar-refractivity contribution in [3.63, 3.8) is 0 Å². The van der Waals surface area contributed by atoms with Gasteiger partial charge in [-0.2, -0.15) is 11.3 Å². The SMILES string of the molecule is CCN(CC)c1ccc2[c-]c(-c3nc4ccccc4s3)c(=O)oc2c1.[CH]C1([CH])c2cc(C)ccc2-c2ccc(-c3ccc4c(c3)C3(CC(O)CC(O)C3)c3cc(C)ccc3-4)cc21.[Ir]. The van der Waals surface area contributed by atoms with E-state index >= 15 is 0 Å². The van der Waals surface area contributed by atoms with Crippen LogP contribution in [0.4, 0.5) is 5.69 Å². The number of hydrogen-bond donors (Lipinski definition) is 2. The van der Waals surface area contributed by atoms with Crippen LogP contribution in [0.3, 0.4) is 0 Å². The maximum atomic E-state index is 12.5. The number of nitrogens with zero attached hydrogens (tertiary/aromatic N) is 2. The average molecular weight is 1020 g/mol. The zero-order chi connectivity index (χ0) is 43.1. The Morgan fingerprint density at radius 1 is 0.746 bits per heavy atom. The van der Waals surface area contributed by atoms with Crippen molar-refractivity contribution < 1.29 is 34.7 Å². The van der Waals surface area contributed by atoms with Crippen molar-refractivity contribution >= 4 is 38.2 Å². The molecule has 317 valence electrons. The molecular weight excluding hydrogens is 977 g/mol. The quantitative estimate of drug-likeness (QED) is 0.132. The van der Waals surface area contributed by atoms with Crippen LogP contribution in [0.25, 0.3) is 65.1 Å². The topological polar surface area (TPSA) is 86.8 Å². The number of rotatable bonds is 5. The van der Waals surface area contributed by atoms with Crippen LogP contribution in [0.1, 0.15) is 66.5 Å². The Balaban J connectivity index is 0.000000170. The summed E-state index contributed by atoms with van der Waals surface area (Å²) in [5.74, 6) is 0. The van der Waals surface area contributed by atoms with Crippen molar-refractivity contribution in [3.05, 3.63) is 179 Å². The number of aryl methyl sites for hydroxylation is 2. The zero-order valence-electron chi connectivity index (χ0n) is 35.7. The van der Waals surface area contributed by atoms with Gasteiger partial charge in [0.1, 0.15) is 0 Å². The third kappa shape index (κ3) is 7.30. The summed E-state index contributed by atoms with van der Waals surface area (Å²) in [5, 5.41) is 23.0. The molecule has 2 N–H and O–H groups in total. The summed E-state index contributed by atoms with van der Waals surface area (Å²) in [6.07, 6.45) is 0.583. The number of benzene rings is 6. The molecule has 63 heavy (non-hydrogen) atoms. The van der Waals surface area contributed by atoms with Crippen LogP contribution in [0, 0.1) is 33.8 Å². The minimum atomic E-state index is -1.05. The van der Waals surface area contributed by atoms with E-state index in [4.69, 9.17) is 18.3 Å². The first kappa shape index (κ1) is 43.1. The first-order valence-electron chi connectivity index (χ1n) is 21.4. The van der Waals surface area contributed by atoms with Crippen LogP contribution in [0.15, 0.2) is 124 Å². The van der Waals surface area contributed by atoms with E-state index < -0.39 is 28.7 Å². The van der Waals surface area contributed by atoms with E-state index in [1.165, 1.54) is 39.2 Å². The molecule has 1 saturated carbocycles. The summed E-state index contributed by atoms with van der Waals surface area (Å²) in [7, 11) is 0. The van der Waals surface area contributed by atoms with Crippen molar-refractivity contribution in [2.75, 3.05) is 18.0 Å². The molecule has 5 radical (unpaired) electrons. The molecule has 0 aliphatic heterocycles. The van der Waals surface area contributed by atoms with Gasteiger partial charge in [0.25, 0.3) is 5.63 Å². The molecule has 3 aliphatic rings. The number of hydrogen-bond acceptors (Lipinski definition) is 7. The fourth-order valence-corrected chi connectivity index (χ4v) is 11.2. The summed E-state index contributed by atoms with van der Waals surface area (Å²) in [6.45, 7) is 23.7. The van der Waals surface area contributed by atoms with Crippen LogP contribution >= 0.6 is 11.3 Å². The molecule has 2 atom stereocenters. The van der Waals surface area contributed by atoms with Gasteiger partial charge in [0.2, 0.25) is 0 Å². The Kier molecular flexibility index (Phi) is 11.2. The van der Waals surface area contributed by atoms with Crippen LogP contribution < -0.4 is 10.5 Å². The van der Waals surface area contributed by atoms with Gasteiger partial charge in [-0.05, 0) is 152 Å². The van der Waals surface area contributed by atoms with Crippen LogP contribution in [-0.2, 0) is 30.9 Å². The Hall–Kier alpha value is -5.21. The molecule has 0 saturated heterocycles. The van der Waals surface area contributed by atoms with E-state index in [0.717, 1.165) is 73.3 Å². The van der Waals surface area contributed by atoms with Crippen molar-refractivity contribution in [1.29, 1.82) is 0 Å². The predicted molar refractivity (Wildman–Crippen MR) is 252 cm³/mol. The maximum Gasteiger partial charge on any atom is 0.269 e. The summed E-state index contributed by atoms with van der Waals surface area (Å²) in [5.41, 5.74) is 14.4. The molecule has 0 amide bonds. The molecule has 3 aliphatic carbocycles. The summed E-state index contributed by atoms with van der Waals surface area (Å²) < 4.78 is 6.62. The smallest absolute Gasteiger partial charge is 0.269 e. The Morgan fingerprint density at radius 2 is 1.30 bits per heavy atom. The van der Waals surface area contributed by atoms with E-state index in [-0.39, 0.29) is 20.1 Å². The predicted octanol–water partition coefficient (Wildman–Crippen LogP) is 11.5. The molecule has 6 aromatic carbocycles. The van der Waals surface area contributed by atoms with Gasteiger partial charge in [-0.25, -0.2) is 0 Å². The molecule has 8 aromatic rings. The average Bonchev–Trinajstić information content (AvgIpc) is 3.87. The largest absolute Gasteiger partial charge is 0.496 e. The normalized spacial score (nSPS) is 18.9. The van der Waals surface area contributed by atoms with Gasteiger partial charge >= 0.3 is 0 Å². The monoisotopic (exact) mass is 1020 g/mol. The van der Waals surface area contributed by atoms with Gasteiger partial charge in [0, 0.05) is 54.4 Å². The van der Waals surface area contributed by atoms with Crippen LogP contribution in [0.2, 0.25) is 0 Å². The number of aliphatic hydroxyl groups excluding tert-OH is 2. The van der Waals surface area contributed by atoms with Gasteiger partial charge in [-0.15, -0.1) is 12.1 Å². The number of para-hydroxylation sites is 1. The molecule has 8 heteroatoms. The van der Waals surface area contributed by atoms with Gasteiger partial charge in [-0.3, -0.25) is 9.78 Å². The number of aromatic nitrogens is 1. The molecular formula is C55H47IrN2O4S-. The fraction of sp³-hybridized carbons (Fsp3) is 0.236. The number of anilines is 1. The van der Waals surface area contributed by atoms with Gasteiger partial charge < -0.3 is 19.5 Å². The van der Waals surface area contributed by atoms with Gasteiger partial charge in [0.15, 0.2) is 0 Å². The molecule has 1 spiro atoms. The minimum absolute atomic E-state index is 0. The molecule has 2 unspecified atom stereocenters. The first-order chi connectivity index (χ1) is 29.9. The van der Waals surface area contributed by atoms with Crippen LogP contribution in [-0.4, -0.2) is 40.5 Å². The summed E-state index contributed by atoms with van der Waals surface area (Å²) in [4.78, 5) is 19.2. The third-order valence-corrected chi connectivity index (χ3v) is 14.3. The standard InChI is InChI=1S/C35H30O2.C20H17N2O2S.Ir/c1-20-5-9-26-27-11-7-22(15-31(27)34(3,4)30(26)13-20)23-8-12-29-28-10-6-21(2)14-32(28)35(33(29)16-23)18-24(36)17-25(37)19-35;1-3-22(4-2)14-10-9-13-11-15(20(23)24-17(13)12-14)19-21-16-7-5-6-8-18(16)25-19;/h3-16,24-25,36-37H,17-19H2,1-2H3;5-10,12H,3-4H2,1-2H3;/q;-1;. The second-order valence-corrected chi connectivity index (χ2v) is 18.3. The number of aliphatic hydroxyl groups is 2. The van der Waals surface area contributed by atoms with E-state index in [0.29, 0.717) is 35.4 Å². The summed E-state index contributed by atoms with van der Waals surface area (Å²) in [6, 6.07) is 42.9. The third-order valence-electron chi connectivity index (χ3n) is 13.2. The minimum Gasteiger partial charge on any atom is -0.496 e. The van der Waals surface area contributed by atoms with Gasteiger partial charge in [0.05, 0.1) is 28.3 Å². The molecule has 1 fully saturated rings. The van der Waals surface area contributed by atoms with Crippen molar-refractivity contribution in [2.45, 2.75) is 70.0 Å². The number of fused-ring (bicyclic) bond motifs is 10. The summed E-state index contributed by atoms with van der Waals surface area (Å²) >= 11 is 1.48. The molecule has 2 heterocycles. The Morgan fingerprint density at radius 3 is 1.94 bits per heavy atom. The second kappa shape index (κ2) is 16.4. The molecule has 6 nitrogen and oxygen atoms in total. The first-order valence-corrected chi connectivity index (χ1v) is 22.3. The van der Waals surface area contributed by atoms with E-state index in [1.807, 2.05) is 42.5 Å². The fourth-order valence-electron chi connectivity index (χ4n) is 10.2. The maximum absolute atomic E-state index is 12.5. The second-order valence-electron chi connectivity index (χ2n) is 17.3. The Labute approximate surface area is 386 Å². The zero-order valence-corrected chi connectivity index (χ0v) is 38.9. The van der Waals surface area contributed by atoms with Gasteiger partial charge in [-0.1, -0.05) is 95.4 Å². The van der Waals surface area contributed by atoms with E-state index in [2.05, 4.69) is 116 Å². The van der Waals surface area contributed by atoms with Crippen LogP contribution in [0.5, 0.6) is 0 Å². The van der Waals surface area contributed by atoms with Crippen molar-refractivity contribution in [2.24, 2.45) is 0 Å². The number of thiazole rings is 1. The van der Waals surface area contributed by atoms with Crippen molar-refractivity contribution in [1.82, 2.24) is 4.98 Å². The molecule has 11 rings (SSSR count). The van der Waals surface area contributed by atoms with Crippen molar-refractivity contribution in [3.8, 4) is 44.0 Å². The van der Waals surface area contributed by atoms with E-state index in [9.17, 15) is 15.0 Å².